The quantitative estimate of drug-likeness (QED) is 0.832. The highest BCUT2D eigenvalue weighted by atomic mass is 32.2. The first-order valence-electron chi connectivity index (χ1n) is 5.91. The average Bonchev–Trinajstić information content (AvgIpc) is 2.38. The van der Waals surface area contributed by atoms with Crippen LogP contribution in [0.25, 0.3) is 0 Å². The normalized spacial score (nSPS) is 20.8. The molecule has 6 nitrogen and oxygen atoms in total. The molecule has 3 N–H and O–H groups in total. The van der Waals surface area contributed by atoms with Gasteiger partial charge in [0.2, 0.25) is 10.0 Å². The molecule has 1 fully saturated rings. The maximum atomic E-state index is 11.9. The second kappa shape index (κ2) is 5.64. The van der Waals surface area contributed by atoms with Gasteiger partial charge < -0.3 is 10.5 Å². The number of hydrogen-bond acceptors (Lipinski definition) is 5. The number of rotatable bonds is 4. The van der Waals surface area contributed by atoms with Gasteiger partial charge >= 0.3 is 0 Å². The van der Waals surface area contributed by atoms with Crippen LogP contribution in [0.1, 0.15) is 19.3 Å². The Labute approximate surface area is 107 Å². The molecule has 2 heterocycles. The molecule has 0 bridgehead atoms. The molecule has 18 heavy (non-hydrogen) atoms. The zero-order valence-electron chi connectivity index (χ0n) is 10.0. The number of nitrogen functional groups attached to an aromatic ring is 1. The van der Waals surface area contributed by atoms with E-state index in [0.717, 1.165) is 19.3 Å². The van der Waals surface area contributed by atoms with Crippen molar-refractivity contribution in [3.8, 4) is 0 Å². The van der Waals surface area contributed by atoms with Gasteiger partial charge in [0.05, 0.1) is 6.10 Å². The van der Waals surface area contributed by atoms with E-state index in [1.54, 1.807) is 0 Å². The molecule has 0 amide bonds. The van der Waals surface area contributed by atoms with Crippen LogP contribution >= 0.6 is 0 Å². The number of ether oxygens (including phenoxy) is 1. The summed E-state index contributed by atoms with van der Waals surface area (Å²) < 4.78 is 31.9. The van der Waals surface area contributed by atoms with E-state index in [-0.39, 0.29) is 11.0 Å². The third-order valence-electron chi connectivity index (χ3n) is 2.84. The number of pyridine rings is 1. The Balaban J connectivity index is 1.96. The van der Waals surface area contributed by atoms with Crippen LogP contribution in [0.4, 0.5) is 5.82 Å². The van der Waals surface area contributed by atoms with Crippen molar-refractivity contribution in [3.05, 3.63) is 18.3 Å². The highest BCUT2D eigenvalue weighted by molar-refractivity contribution is 7.89. The summed E-state index contributed by atoms with van der Waals surface area (Å²) in [6, 6.07) is 2.90. The fourth-order valence-electron chi connectivity index (χ4n) is 1.81. The van der Waals surface area contributed by atoms with E-state index in [4.69, 9.17) is 10.5 Å². The highest BCUT2D eigenvalue weighted by Gasteiger charge is 2.19. The molecule has 1 aromatic heterocycles. The van der Waals surface area contributed by atoms with Crippen molar-refractivity contribution in [2.45, 2.75) is 30.3 Å². The van der Waals surface area contributed by atoms with Gasteiger partial charge in [-0.05, 0) is 31.4 Å². The summed E-state index contributed by atoms with van der Waals surface area (Å²) in [5.74, 6) is 0.296. The van der Waals surface area contributed by atoms with Crippen LogP contribution in [-0.4, -0.2) is 32.7 Å². The van der Waals surface area contributed by atoms with Gasteiger partial charge in [0, 0.05) is 19.3 Å². The van der Waals surface area contributed by atoms with Crippen LogP contribution in [-0.2, 0) is 14.8 Å². The lowest BCUT2D eigenvalue weighted by Gasteiger charge is -2.22. The summed E-state index contributed by atoms with van der Waals surface area (Å²) >= 11 is 0. The molecule has 0 saturated carbocycles. The molecule has 1 aliphatic heterocycles. The summed E-state index contributed by atoms with van der Waals surface area (Å²) in [5, 5.41) is 0. The Hall–Kier alpha value is -1.18. The Kier molecular flexibility index (Phi) is 4.15. The van der Waals surface area contributed by atoms with E-state index in [2.05, 4.69) is 9.71 Å². The van der Waals surface area contributed by atoms with E-state index in [9.17, 15) is 8.42 Å². The van der Waals surface area contributed by atoms with Crippen LogP contribution in [0.5, 0.6) is 0 Å². The van der Waals surface area contributed by atoms with Gasteiger partial charge in [-0.25, -0.2) is 18.1 Å². The summed E-state index contributed by atoms with van der Waals surface area (Å²) in [4.78, 5) is 3.89. The number of sulfonamides is 1. The third-order valence-corrected chi connectivity index (χ3v) is 4.25. The lowest BCUT2D eigenvalue weighted by atomic mass is 10.1. The lowest BCUT2D eigenvalue weighted by molar-refractivity contribution is 0.0200. The third kappa shape index (κ3) is 3.41. The minimum atomic E-state index is -3.52. The number of nitrogens with zero attached hydrogens (tertiary/aromatic N) is 1. The van der Waals surface area contributed by atoms with Gasteiger partial charge in [0.1, 0.15) is 10.7 Å². The average molecular weight is 271 g/mol. The fraction of sp³-hybridized carbons (Fsp3) is 0.545. The number of aromatic nitrogens is 1. The lowest BCUT2D eigenvalue weighted by Crippen LogP contribution is -2.35. The largest absolute Gasteiger partial charge is 0.384 e. The molecule has 1 aliphatic rings. The summed E-state index contributed by atoms with van der Waals surface area (Å²) in [5.41, 5.74) is 5.41. The molecule has 0 radical (unpaired) electrons. The van der Waals surface area contributed by atoms with E-state index < -0.39 is 10.0 Å². The predicted octanol–water partition coefficient (Wildman–Crippen LogP) is 0.511. The Morgan fingerprint density at radius 3 is 2.89 bits per heavy atom. The molecular formula is C11H17N3O3S. The van der Waals surface area contributed by atoms with Gasteiger partial charge in [-0.1, -0.05) is 0 Å². The number of nitrogens with two attached hydrogens (primary N) is 1. The van der Waals surface area contributed by atoms with Crippen LogP contribution < -0.4 is 10.5 Å². The molecule has 7 heteroatoms. The fourth-order valence-corrected chi connectivity index (χ4v) is 2.82. The number of anilines is 1. The Morgan fingerprint density at radius 1 is 1.44 bits per heavy atom. The van der Waals surface area contributed by atoms with Gasteiger partial charge in [-0.3, -0.25) is 0 Å². The van der Waals surface area contributed by atoms with Gasteiger partial charge in [-0.15, -0.1) is 0 Å². The van der Waals surface area contributed by atoms with Crippen LogP contribution in [0.3, 0.4) is 0 Å². The first-order valence-corrected chi connectivity index (χ1v) is 7.39. The van der Waals surface area contributed by atoms with Crippen molar-refractivity contribution < 1.29 is 13.2 Å². The van der Waals surface area contributed by atoms with Gasteiger partial charge in [-0.2, -0.15) is 0 Å². The molecule has 0 aliphatic carbocycles. The SMILES string of the molecule is Nc1ccc(S(=O)(=O)NCC2CCCCO2)cn1. The first-order chi connectivity index (χ1) is 8.58. The van der Waals surface area contributed by atoms with Gasteiger partial charge in [0.15, 0.2) is 0 Å². The molecule has 1 saturated heterocycles. The van der Waals surface area contributed by atoms with Crippen molar-refractivity contribution in [2.24, 2.45) is 0 Å². The molecule has 0 spiro atoms. The maximum Gasteiger partial charge on any atom is 0.242 e. The molecule has 0 aromatic carbocycles. The molecular weight excluding hydrogens is 254 g/mol. The first kappa shape index (κ1) is 13.3. The van der Waals surface area contributed by atoms with Crippen LogP contribution in [0, 0.1) is 0 Å². The molecule has 100 valence electrons. The predicted molar refractivity (Wildman–Crippen MR) is 67.4 cm³/mol. The zero-order valence-corrected chi connectivity index (χ0v) is 10.8. The molecule has 2 rings (SSSR count). The van der Waals surface area contributed by atoms with E-state index in [0.29, 0.717) is 19.0 Å². The Morgan fingerprint density at radius 2 is 2.28 bits per heavy atom. The summed E-state index contributed by atoms with van der Waals surface area (Å²) in [6.07, 6.45) is 4.23. The molecule has 1 aromatic rings. The number of nitrogens with one attached hydrogen (secondary N) is 1. The molecule has 1 atom stereocenters. The zero-order chi connectivity index (χ0) is 13.0. The second-order valence-electron chi connectivity index (χ2n) is 4.26. The maximum absolute atomic E-state index is 11.9. The summed E-state index contributed by atoms with van der Waals surface area (Å²) in [7, 11) is -3.52. The van der Waals surface area contributed by atoms with Crippen molar-refractivity contribution in [3.63, 3.8) is 0 Å². The van der Waals surface area contributed by atoms with Crippen molar-refractivity contribution in [1.29, 1.82) is 0 Å². The van der Waals surface area contributed by atoms with Crippen molar-refractivity contribution in [2.75, 3.05) is 18.9 Å². The summed E-state index contributed by atoms with van der Waals surface area (Å²) in [6.45, 7) is 1.00. The second-order valence-corrected chi connectivity index (χ2v) is 6.03. The minimum absolute atomic E-state index is 0.0322. The van der Waals surface area contributed by atoms with E-state index >= 15 is 0 Å². The standard InChI is InChI=1S/C11H17N3O3S/c12-11-5-4-10(8-13-11)18(15,16)14-7-9-3-1-2-6-17-9/h4-5,8-9,14H,1-3,6-7H2,(H2,12,13). The van der Waals surface area contributed by atoms with Gasteiger partial charge in [0.25, 0.3) is 0 Å². The Bertz CT molecular complexity index is 481. The highest BCUT2D eigenvalue weighted by Crippen LogP contribution is 2.13. The van der Waals surface area contributed by atoms with Crippen LogP contribution in [0.2, 0.25) is 0 Å². The minimum Gasteiger partial charge on any atom is -0.384 e. The topological polar surface area (TPSA) is 94.3 Å². The van der Waals surface area contributed by atoms with Crippen molar-refractivity contribution in [1.82, 2.24) is 9.71 Å². The van der Waals surface area contributed by atoms with Crippen molar-refractivity contribution >= 4 is 15.8 Å². The van der Waals surface area contributed by atoms with E-state index in [1.807, 2.05) is 0 Å². The monoisotopic (exact) mass is 271 g/mol. The molecule has 1 unspecified atom stereocenters. The number of hydrogen-bond donors (Lipinski definition) is 2. The van der Waals surface area contributed by atoms with E-state index in [1.165, 1.54) is 18.3 Å². The van der Waals surface area contributed by atoms with Crippen LogP contribution in [0.15, 0.2) is 23.2 Å². The smallest absolute Gasteiger partial charge is 0.242 e.